The first kappa shape index (κ1) is 31.1. The zero-order chi connectivity index (χ0) is 22.4. The van der Waals surface area contributed by atoms with E-state index in [4.69, 9.17) is 0 Å². The summed E-state index contributed by atoms with van der Waals surface area (Å²) in [5, 5.41) is 2.05. The standard InChI is InChI=1S/C15H9F2.C9H13.C2H6Si.2ClH.Zr/c16-11-6-8-14(15(17)9-11)13-7-5-10-3-1-2-4-12(10)13;1-6-5-7(2)9(4)8(6)3;1-3-2;;;/h1-9H;6H,1-4H3;1-2H3;2*1H;/q2*-1;;;;+2/p-2. The molecule has 170 valence electrons. The van der Waals surface area contributed by atoms with Crippen LogP contribution >= 0.6 is 0 Å². The van der Waals surface area contributed by atoms with Gasteiger partial charge in [-0.3, -0.25) is 6.08 Å². The Bertz CT molecular complexity index is 1110. The van der Waals surface area contributed by atoms with E-state index in [2.05, 4.69) is 46.9 Å². The van der Waals surface area contributed by atoms with Crippen LogP contribution in [-0.4, -0.2) is 5.43 Å². The molecule has 0 saturated carbocycles. The Labute approximate surface area is 218 Å². The molecule has 1 unspecified atom stereocenters. The Hall–Kier alpha value is -0.930. The fourth-order valence-electron chi connectivity index (χ4n) is 3.26. The Kier molecular flexibility index (Phi) is 13.9. The molecular formula is C26H28Cl2F2SiZr-2. The third-order valence-corrected chi connectivity index (χ3v) is 5.14. The van der Waals surface area contributed by atoms with Crippen LogP contribution in [0.3, 0.4) is 0 Å². The first-order chi connectivity index (χ1) is 14.1. The van der Waals surface area contributed by atoms with Gasteiger partial charge >= 0.3 is 41.9 Å². The summed E-state index contributed by atoms with van der Waals surface area (Å²) >= 11 is 1.74. The van der Waals surface area contributed by atoms with Crippen molar-refractivity contribution >= 4 is 16.2 Å². The smallest absolute Gasteiger partial charge is 0.126 e. The van der Waals surface area contributed by atoms with Gasteiger partial charge in [-0.2, -0.15) is 11.1 Å². The SMILES string of the molecule is CC1=[C-]C(C)C(C)=C1C.C[Si](C)=[Zr+2].Fc1ccc(-c2c[cH-]c3ccccc23)c(F)c1.[Cl-].[Cl-]. The molecule has 1 aliphatic rings. The predicted molar refractivity (Wildman–Crippen MR) is 122 cm³/mol. The monoisotopic (exact) mass is 566 g/mol. The Morgan fingerprint density at radius 2 is 1.56 bits per heavy atom. The molecule has 1 atom stereocenters. The molecule has 3 aromatic carbocycles. The normalized spacial score (nSPS) is 14.3. The first-order valence-electron chi connectivity index (χ1n) is 10.0. The van der Waals surface area contributed by atoms with Crippen LogP contribution in [0.25, 0.3) is 21.9 Å². The van der Waals surface area contributed by atoms with E-state index in [1.165, 1.54) is 28.9 Å². The molecule has 0 radical (unpaired) electrons. The van der Waals surface area contributed by atoms with Crippen LogP contribution in [0.4, 0.5) is 8.78 Å². The Morgan fingerprint density at radius 1 is 0.969 bits per heavy atom. The van der Waals surface area contributed by atoms with E-state index in [1.807, 2.05) is 36.4 Å². The maximum Gasteiger partial charge on any atom is 0.126 e. The second-order valence-corrected chi connectivity index (χ2v) is 17.1. The van der Waals surface area contributed by atoms with Crippen LogP contribution in [0.15, 0.2) is 71.3 Å². The molecule has 3 aromatic rings. The number of rotatable bonds is 1. The zero-order valence-electron chi connectivity index (χ0n) is 19.3. The van der Waals surface area contributed by atoms with Crippen molar-refractivity contribution in [3.05, 3.63) is 89.0 Å². The Morgan fingerprint density at radius 3 is 2.03 bits per heavy atom. The molecule has 0 spiro atoms. The average molecular weight is 569 g/mol. The number of halogens is 4. The number of allylic oxidation sites excluding steroid dienone is 4. The van der Waals surface area contributed by atoms with E-state index in [0.717, 1.165) is 22.4 Å². The van der Waals surface area contributed by atoms with Gasteiger partial charge in [0.05, 0.1) is 0 Å². The van der Waals surface area contributed by atoms with Crippen LogP contribution in [0.1, 0.15) is 27.7 Å². The summed E-state index contributed by atoms with van der Waals surface area (Å²) < 4.78 is 26.6. The van der Waals surface area contributed by atoms with E-state index in [1.54, 1.807) is 23.3 Å². The molecule has 32 heavy (non-hydrogen) atoms. The zero-order valence-corrected chi connectivity index (χ0v) is 24.3. The van der Waals surface area contributed by atoms with E-state index in [9.17, 15) is 8.78 Å². The fourth-order valence-corrected chi connectivity index (χ4v) is 3.26. The van der Waals surface area contributed by atoms with Gasteiger partial charge in [0.1, 0.15) is 11.6 Å². The van der Waals surface area contributed by atoms with Crippen molar-refractivity contribution in [2.75, 3.05) is 0 Å². The van der Waals surface area contributed by atoms with E-state index >= 15 is 0 Å². The summed E-state index contributed by atoms with van der Waals surface area (Å²) in [6.07, 6.45) is 3.36. The van der Waals surface area contributed by atoms with Crippen molar-refractivity contribution in [1.82, 2.24) is 0 Å². The molecule has 0 heterocycles. The average Bonchev–Trinajstić information content (AvgIpc) is 3.19. The van der Waals surface area contributed by atoms with Crippen LogP contribution < -0.4 is 24.8 Å². The third kappa shape index (κ3) is 8.45. The molecular weight excluding hydrogens is 540 g/mol. The van der Waals surface area contributed by atoms with Gasteiger partial charge in [0, 0.05) is 6.07 Å². The third-order valence-electron chi connectivity index (χ3n) is 5.14. The molecule has 6 heteroatoms. The molecule has 1 aliphatic carbocycles. The van der Waals surface area contributed by atoms with Crippen molar-refractivity contribution in [3.63, 3.8) is 0 Å². The minimum Gasteiger partial charge on any atom is -1.00 e. The molecule has 0 nitrogen and oxygen atoms in total. The maximum atomic E-state index is 13.7. The van der Waals surface area contributed by atoms with Gasteiger partial charge in [-0.05, 0) is 11.6 Å². The minimum absolute atomic E-state index is 0. The molecule has 0 amide bonds. The maximum absolute atomic E-state index is 13.7. The van der Waals surface area contributed by atoms with Gasteiger partial charge in [0.2, 0.25) is 0 Å². The molecule has 0 N–H and O–H groups in total. The summed E-state index contributed by atoms with van der Waals surface area (Å²) in [5.74, 6) is -0.520. The molecule has 0 aliphatic heterocycles. The van der Waals surface area contributed by atoms with Crippen molar-refractivity contribution < 1.29 is 56.9 Å². The van der Waals surface area contributed by atoms with Gasteiger partial charge in [0.15, 0.2) is 0 Å². The van der Waals surface area contributed by atoms with Crippen molar-refractivity contribution in [3.8, 4) is 11.1 Å². The summed E-state index contributed by atoms with van der Waals surface area (Å²) in [6.45, 7) is 13.3. The van der Waals surface area contributed by atoms with Crippen molar-refractivity contribution in [2.45, 2.75) is 40.8 Å². The summed E-state index contributed by atoms with van der Waals surface area (Å²) in [4.78, 5) is 0. The van der Waals surface area contributed by atoms with Gasteiger partial charge in [-0.25, -0.2) is 14.4 Å². The van der Waals surface area contributed by atoms with E-state index < -0.39 is 11.6 Å². The Balaban J connectivity index is 0.000000547. The quantitative estimate of drug-likeness (QED) is 0.312. The van der Waals surface area contributed by atoms with Gasteiger partial charge in [-0.1, -0.05) is 38.8 Å². The summed E-state index contributed by atoms with van der Waals surface area (Å²) in [5.41, 5.74) is 5.70. The van der Waals surface area contributed by atoms with E-state index in [0.29, 0.717) is 11.5 Å². The minimum atomic E-state index is -0.554. The van der Waals surface area contributed by atoms with E-state index in [-0.39, 0.29) is 30.2 Å². The second kappa shape index (κ2) is 14.4. The van der Waals surface area contributed by atoms with Crippen LogP contribution in [-0.2, 0) is 23.3 Å². The molecule has 0 bridgehead atoms. The molecule has 0 fully saturated rings. The molecule has 0 saturated heterocycles. The number of hydrogen-bond acceptors (Lipinski definition) is 0. The van der Waals surface area contributed by atoms with Gasteiger partial charge in [0.25, 0.3) is 0 Å². The molecule has 4 rings (SSSR count). The number of benzene rings is 2. The van der Waals surface area contributed by atoms with Gasteiger partial charge in [-0.15, -0.1) is 53.6 Å². The molecule has 0 aromatic heterocycles. The van der Waals surface area contributed by atoms with Crippen LogP contribution in [0.5, 0.6) is 0 Å². The summed E-state index contributed by atoms with van der Waals surface area (Å²) in [6, 6.07) is 15.2. The van der Waals surface area contributed by atoms with Crippen molar-refractivity contribution in [2.24, 2.45) is 5.92 Å². The largest absolute Gasteiger partial charge is 1.00 e. The van der Waals surface area contributed by atoms with Crippen LogP contribution in [0, 0.1) is 23.6 Å². The first-order valence-corrected chi connectivity index (χ1v) is 16.2. The number of fused-ring (bicyclic) bond motifs is 1. The topological polar surface area (TPSA) is 0 Å². The predicted octanol–water partition coefficient (Wildman–Crippen LogP) is 2.02. The van der Waals surface area contributed by atoms with Crippen molar-refractivity contribution in [1.29, 1.82) is 0 Å². The summed E-state index contributed by atoms with van der Waals surface area (Å²) in [7, 11) is 0. The second-order valence-electron chi connectivity index (χ2n) is 7.76. The van der Waals surface area contributed by atoms with Gasteiger partial charge < -0.3 is 24.8 Å². The van der Waals surface area contributed by atoms with Crippen LogP contribution in [0.2, 0.25) is 13.1 Å². The fraction of sp³-hybridized carbons (Fsp3) is 0.269. The number of hydrogen-bond donors (Lipinski definition) is 0.